The van der Waals surface area contributed by atoms with Crippen molar-refractivity contribution in [1.82, 2.24) is 15.1 Å². The van der Waals surface area contributed by atoms with Crippen molar-refractivity contribution in [1.29, 1.82) is 0 Å². The minimum atomic E-state index is -0.711. The summed E-state index contributed by atoms with van der Waals surface area (Å²) in [5.74, 6) is -0.188. The molecule has 18 heavy (non-hydrogen) atoms. The largest absolute Gasteiger partial charge is 0.350 e. The second kappa shape index (κ2) is 4.42. The smallest absolute Gasteiger partial charge is 0.271 e. The Hall–Kier alpha value is -0.740. The van der Waals surface area contributed by atoms with Crippen molar-refractivity contribution in [3.8, 4) is 0 Å². The minimum absolute atomic E-state index is 0.188. The molecule has 1 aliphatic rings. The molecular formula is C12H17Cl2N3O. The number of amides is 1. The van der Waals surface area contributed by atoms with E-state index in [0.29, 0.717) is 18.7 Å². The Morgan fingerprint density at radius 2 is 2.22 bits per heavy atom. The van der Waals surface area contributed by atoms with Gasteiger partial charge in [-0.2, -0.15) is 5.10 Å². The summed E-state index contributed by atoms with van der Waals surface area (Å²) < 4.78 is 1.04. The molecule has 1 atom stereocenters. The summed E-state index contributed by atoms with van der Waals surface area (Å²) in [6, 6.07) is 1.95. The molecule has 0 spiro atoms. The third kappa shape index (κ3) is 2.50. The van der Waals surface area contributed by atoms with E-state index in [1.807, 2.05) is 20.8 Å². The maximum atomic E-state index is 11.9. The highest BCUT2D eigenvalue weighted by atomic mass is 35.5. The van der Waals surface area contributed by atoms with Crippen molar-refractivity contribution in [2.75, 3.05) is 6.54 Å². The second-order valence-corrected chi connectivity index (χ2v) is 6.88. The second-order valence-electron chi connectivity index (χ2n) is 5.40. The molecule has 6 heteroatoms. The lowest BCUT2D eigenvalue weighted by atomic mass is 10.1. The molecule has 1 N–H and O–H groups in total. The predicted octanol–water partition coefficient (Wildman–Crippen LogP) is 2.78. The number of hydrogen-bond donors (Lipinski definition) is 1. The molecule has 0 bridgehead atoms. The Morgan fingerprint density at radius 3 is 2.67 bits per heavy atom. The average Bonchev–Trinajstić information content (AvgIpc) is 2.71. The van der Waals surface area contributed by atoms with Gasteiger partial charge in [-0.3, -0.25) is 9.48 Å². The summed E-state index contributed by atoms with van der Waals surface area (Å²) in [4.78, 5) is 11.9. The van der Waals surface area contributed by atoms with E-state index in [2.05, 4.69) is 10.4 Å². The number of nitrogens with zero attached hydrogens (tertiary/aromatic N) is 2. The van der Waals surface area contributed by atoms with Gasteiger partial charge in [-0.15, -0.1) is 23.2 Å². The van der Waals surface area contributed by atoms with E-state index in [0.717, 1.165) is 0 Å². The molecule has 1 aromatic heterocycles. The molecule has 100 valence electrons. The number of carbonyl (C=O) groups excluding carboxylic acids is 1. The lowest BCUT2D eigenvalue weighted by Gasteiger charge is -2.12. The van der Waals surface area contributed by atoms with Crippen LogP contribution in [0.4, 0.5) is 0 Å². The quantitative estimate of drug-likeness (QED) is 0.867. The van der Waals surface area contributed by atoms with Crippen molar-refractivity contribution in [2.45, 2.75) is 37.6 Å². The Kier molecular flexibility index (Phi) is 3.36. The summed E-state index contributed by atoms with van der Waals surface area (Å²) in [6.07, 6.45) is 2.50. The number of nitrogens with one attached hydrogen (secondary N) is 1. The molecule has 1 amide bonds. The van der Waals surface area contributed by atoms with E-state index < -0.39 is 4.33 Å². The molecule has 2 rings (SSSR count). The van der Waals surface area contributed by atoms with Gasteiger partial charge in [0.05, 0.1) is 0 Å². The van der Waals surface area contributed by atoms with Crippen LogP contribution in [0.15, 0.2) is 12.3 Å². The van der Waals surface area contributed by atoms with Crippen LogP contribution in [0.25, 0.3) is 0 Å². The minimum Gasteiger partial charge on any atom is -0.350 e. The Labute approximate surface area is 117 Å². The van der Waals surface area contributed by atoms with E-state index in [4.69, 9.17) is 23.2 Å². The van der Waals surface area contributed by atoms with Crippen molar-refractivity contribution in [3.05, 3.63) is 18.0 Å². The Bertz CT molecular complexity index is 470. The lowest BCUT2D eigenvalue weighted by Crippen LogP contribution is -2.31. The van der Waals surface area contributed by atoms with Gasteiger partial charge in [0, 0.05) is 24.2 Å². The van der Waals surface area contributed by atoms with Crippen molar-refractivity contribution < 1.29 is 4.79 Å². The van der Waals surface area contributed by atoms with Crippen LogP contribution in [-0.2, 0) is 0 Å². The maximum absolute atomic E-state index is 11.9. The zero-order valence-corrected chi connectivity index (χ0v) is 12.2. The molecule has 0 aromatic carbocycles. The van der Waals surface area contributed by atoms with Gasteiger partial charge in [0.2, 0.25) is 0 Å². The summed E-state index contributed by atoms with van der Waals surface area (Å²) in [5, 5.41) is 7.03. The van der Waals surface area contributed by atoms with Crippen molar-refractivity contribution in [3.63, 3.8) is 0 Å². The van der Waals surface area contributed by atoms with Gasteiger partial charge in [-0.25, -0.2) is 0 Å². The Balaban J connectivity index is 1.92. The molecule has 4 nitrogen and oxygen atoms in total. The standard InChI is InChI=1S/C12H17Cl2N3O/c1-8(2)17-5-4-9(16-17)10(18)15-7-11(3)6-12(11,13)14/h4-5,8H,6-7H2,1-3H3,(H,15,18)/t11-/m0/s1. The van der Waals surface area contributed by atoms with Crippen molar-refractivity contribution in [2.24, 2.45) is 5.41 Å². The third-order valence-electron chi connectivity index (χ3n) is 3.38. The van der Waals surface area contributed by atoms with Gasteiger partial charge in [0.15, 0.2) is 0 Å². The number of rotatable bonds is 4. The monoisotopic (exact) mass is 289 g/mol. The first kappa shape index (κ1) is 13.7. The summed E-state index contributed by atoms with van der Waals surface area (Å²) in [7, 11) is 0. The van der Waals surface area contributed by atoms with Gasteiger partial charge in [-0.05, 0) is 26.3 Å². The van der Waals surface area contributed by atoms with E-state index in [1.165, 1.54) is 0 Å². The Morgan fingerprint density at radius 1 is 1.61 bits per heavy atom. The molecule has 1 aliphatic carbocycles. The summed E-state index contributed by atoms with van der Waals surface area (Å²) in [6.45, 7) is 6.44. The first-order chi connectivity index (χ1) is 8.25. The van der Waals surface area contributed by atoms with Crippen LogP contribution in [0.2, 0.25) is 0 Å². The summed E-state index contributed by atoms with van der Waals surface area (Å²) >= 11 is 12.0. The number of hydrogen-bond acceptors (Lipinski definition) is 2. The van der Waals surface area contributed by atoms with E-state index in [9.17, 15) is 4.79 Å². The molecule has 0 unspecified atom stereocenters. The van der Waals surface area contributed by atoms with Crippen molar-refractivity contribution >= 4 is 29.1 Å². The molecule has 1 heterocycles. The van der Waals surface area contributed by atoms with E-state index in [-0.39, 0.29) is 17.4 Å². The van der Waals surface area contributed by atoms with Crippen LogP contribution in [0.3, 0.4) is 0 Å². The van der Waals surface area contributed by atoms with Gasteiger partial charge < -0.3 is 5.32 Å². The molecule has 1 fully saturated rings. The molecule has 1 aromatic rings. The topological polar surface area (TPSA) is 46.9 Å². The van der Waals surface area contributed by atoms with E-state index >= 15 is 0 Å². The average molecular weight is 290 g/mol. The van der Waals surface area contributed by atoms with Crippen LogP contribution in [0, 0.1) is 5.41 Å². The zero-order valence-electron chi connectivity index (χ0n) is 10.7. The van der Waals surface area contributed by atoms with E-state index in [1.54, 1.807) is 16.9 Å². The fraction of sp³-hybridized carbons (Fsp3) is 0.667. The van der Waals surface area contributed by atoms with Crippen LogP contribution in [0.1, 0.15) is 43.7 Å². The zero-order chi connectivity index (χ0) is 13.6. The molecule has 1 saturated carbocycles. The first-order valence-corrected chi connectivity index (χ1v) is 6.72. The highest BCUT2D eigenvalue weighted by molar-refractivity contribution is 6.51. The maximum Gasteiger partial charge on any atom is 0.271 e. The number of alkyl halides is 2. The first-order valence-electron chi connectivity index (χ1n) is 5.96. The normalized spacial score (nSPS) is 25.2. The fourth-order valence-corrected chi connectivity index (χ4v) is 2.47. The molecule has 0 aliphatic heterocycles. The van der Waals surface area contributed by atoms with Gasteiger partial charge in [0.25, 0.3) is 5.91 Å². The van der Waals surface area contributed by atoms with Gasteiger partial charge >= 0.3 is 0 Å². The fourth-order valence-electron chi connectivity index (χ4n) is 1.75. The molecular weight excluding hydrogens is 273 g/mol. The molecule has 0 saturated heterocycles. The van der Waals surface area contributed by atoms with Gasteiger partial charge in [0.1, 0.15) is 10.0 Å². The number of carbonyl (C=O) groups is 1. The van der Waals surface area contributed by atoms with Crippen LogP contribution >= 0.6 is 23.2 Å². The van der Waals surface area contributed by atoms with Crippen LogP contribution < -0.4 is 5.32 Å². The lowest BCUT2D eigenvalue weighted by molar-refractivity contribution is 0.0940. The van der Waals surface area contributed by atoms with Gasteiger partial charge in [-0.1, -0.05) is 6.92 Å². The SMILES string of the molecule is CC(C)n1ccc(C(=O)NC[C@]2(C)CC2(Cl)Cl)n1. The van der Waals surface area contributed by atoms with Crippen LogP contribution in [-0.4, -0.2) is 26.6 Å². The third-order valence-corrected chi connectivity index (χ3v) is 4.56. The highest BCUT2D eigenvalue weighted by Crippen LogP contribution is 2.63. The predicted molar refractivity (Wildman–Crippen MR) is 72.1 cm³/mol. The number of aromatic nitrogens is 2. The number of halogens is 2. The molecule has 0 radical (unpaired) electrons. The van der Waals surface area contributed by atoms with Crippen LogP contribution in [0.5, 0.6) is 0 Å². The highest BCUT2D eigenvalue weighted by Gasteiger charge is 2.62. The summed E-state index contributed by atoms with van der Waals surface area (Å²) in [5.41, 5.74) is 0.189.